The first-order valence-corrected chi connectivity index (χ1v) is 15.4. The van der Waals surface area contributed by atoms with Gasteiger partial charge in [-0.1, -0.05) is 109 Å². The van der Waals surface area contributed by atoms with Crippen molar-refractivity contribution in [2.45, 2.75) is 112 Å². The lowest BCUT2D eigenvalue weighted by Crippen LogP contribution is -2.22. The third-order valence-corrected chi connectivity index (χ3v) is 7.55. The van der Waals surface area contributed by atoms with E-state index in [0.29, 0.717) is 13.0 Å². The zero-order valence-corrected chi connectivity index (χ0v) is 25.4. The third-order valence-electron chi connectivity index (χ3n) is 7.55. The van der Waals surface area contributed by atoms with Gasteiger partial charge in [0.15, 0.2) is 0 Å². The van der Waals surface area contributed by atoms with E-state index >= 15 is 0 Å². The minimum Gasteiger partial charge on any atom is -0.352 e. The highest BCUT2D eigenvalue weighted by atomic mass is 16.1. The number of unbranched alkanes of at least 4 members (excludes halogenated alkanes) is 5. The summed E-state index contributed by atoms with van der Waals surface area (Å²) in [6.07, 6.45) is 10.5. The molecule has 2 heterocycles. The molecule has 1 amide bonds. The summed E-state index contributed by atoms with van der Waals surface area (Å²) in [6.45, 7) is 12.6. The number of rotatable bonds is 14. The number of amides is 1. The summed E-state index contributed by atoms with van der Waals surface area (Å²) < 4.78 is 2.43. The fourth-order valence-electron chi connectivity index (χ4n) is 5.39. The van der Waals surface area contributed by atoms with Gasteiger partial charge in [-0.05, 0) is 41.9 Å². The number of fused-ring (bicyclic) bond motifs is 3. The van der Waals surface area contributed by atoms with Gasteiger partial charge in [-0.2, -0.15) is 0 Å². The van der Waals surface area contributed by atoms with Crippen LogP contribution in [0.15, 0.2) is 48.5 Å². The highest BCUT2D eigenvalue weighted by Crippen LogP contribution is 2.32. The second kappa shape index (κ2) is 13.9. The van der Waals surface area contributed by atoms with E-state index in [1.807, 2.05) is 0 Å². The first-order chi connectivity index (χ1) is 19.3. The van der Waals surface area contributed by atoms with E-state index in [2.05, 4.69) is 93.0 Å². The standard InChI is InChI=1S/C35H48N4O/c1-6-8-10-11-12-18-32(40)36-24-26-19-21-27(22-20-26)25-39-31(17-9-7-2)38-33-30(23-35(3,4)5)37-29-16-14-13-15-28(29)34(33)39/h13-16,19-22H,6-12,17-18,23-25H2,1-5H3,(H,36,40). The van der Waals surface area contributed by atoms with Crippen LogP contribution in [0.5, 0.6) is 0 Å². The van der Waals surface area contributed by atoms with Crippen LogP contribution < -0.4 is 5.32 Å². The minimum absolute atomic E-state index is 0.121. The summed E-state index contributed by atoms with van der Waals surface area (Å²) in [6, 6.07) is 17.2. The van der Waals surface area contributed by atoms with E-state index in [-0.39, 0.29) is 11.3 Å². The average molecular weight is 541 g/mol. The van der Waals surface area contributed by atoms with Gasteiger partial charge in [0, 0.05) is 31.3 Å². The fourth-order valence-corrected chi connectivity index (χ4v) is 5.39. The molecule has 1 N–H and O–H groups in total. The Morgan fingerprint density at radius 2 is 1.55 bits per heavy atom. The molecule has 0 fully saturated rings. The maximum atomic E-state index is 12.3. The highest BCUT2D eigenvalue weighted by Gasteiger charge is 2.22. The molecule has 5 heteroatoms. The maximum absolute atomic E-state index is 12.3. The Hall–Kier alpha value is -3.21. The number of carbonyl (C=O) groups is 1. The molecule has 0 aliphatic rings. The van der Waals surface area contributed by atoms with Gasteiger partial charge in [0.25, 0.3) is 0 Å². The van der Waals surface area contributed by atoms with Crippen LogP contribution in [-0.2, 0) is 30.7 Å². The van der Waals surface area contributed by atoms with Crippen molar-refractivity contribution in [3.63, 3.8) is 0 Å². The van der Waals surface area contributed by atoms with Crippen LogP contribution in [0.3, 0.4) is 0 Å². The number of aryl methyl sites for hydroxylation is 1. The van der Waals surface area contributed by atoms with E-state index in [9.17, 15) is 4.79 Å². The van der Waals surface area contributed by atoms with Gasteiger partial charge in [-0.3, -0.25) is 9.78 Å². The summed E-state index contributed by atoms with van der Waals surface area (Å²) in [4.78, 5) is 22.6. The van der Waals surface area contributed by atoms with E-state index in [1.54, 1.807) is 0 Å². The molecule has 0 atom stereocenters. The Balaban J connectivity index is 1.57. The average Bonchev–Trinajstić information content (AvgIpc) is 3.29. The minimum atomic E-state index is 0.121. The lowest BCUT2D eigenvalue weighted by molar-refractivity contribution is -0.121. The van der Waals surface area contributed by atoms with Gasteiger partial charge in [0.1, 0.15) is 11.3 Å². The van der Waals surface area contributed by atoms with Crippen molar-refractivity contribution in [1.29, 1.82) is 0 Å². The van der Waals surface area contributed by atoms with Crippen molar-refractivity contribution in [3.8, 4) is 0 Å². The number of nitrogens with zero attached hydrogens (tertiary/aromatic N) is 3. The van der Waals surface area contributed by atoms with Gasteiger partial charge in [0.2, 0.25) is 5.91 Å². The van der Waals surface area contributed by atoms with Crippen LogP contribution in [0.4, 0.5) is 0 Å². The molecule has 2 aromatic carbocycles. The molecule has 0 spiro atoms. The Labute approximate surface area is 240 Å². The van der Waals surface area contributed by atoms with Gasteiger partial charge < -0.3 is 9.88 Å². The van der Waals surface area contributed by atoms with Crippen molar-refractivity contribution >= 4 is 27.8 Å². The number of benzene rings is 2. The number of para-hydroxylation sites is 1. The second-order valence-electron chi connectivity index (χ2n) is 12.5. The van der Waals surface area contributed by atoms with Crippen LogP contribution in [-0.4, -0.2) is 20.4 Å². The predicted octanol–water partition coefficient (Wildman–Crippen LogP) is 8.54. The first kappa shape index (κ1) is 29.8. The van der Waals surface area contributed by atoms with Crippen LogP contribution in [0.25, 0.3) is 21.9 Å². The van der Waals surface area contributed by atoms with Crippen molar-refractivity contribution in [1.82, 2.24) is 19.9 Å². The fraction of sp³-hybridized carbons (Fsp3) is 0.514. The Kier molecular flexibility index (Phi) is 10.4. The van der Waals surface area contributed by atoms with Crippen LogP contribution >= 0.6 is 0 Å². The molecule has 0 aliphatic heterocycles. The Morgan fingerprint density at radius 3 is 2.27 bits per heavy atom. The van der Waals surface area contributed by atoms with E-state index in [1.165, 1.54) is 35.7 Å². The molecule has 214 valence electrons. The highest BCUT2D eigenvalue weighted by molar-refractivity contribution is 6.03. The molecule has 0 radical (unpaired) electrons. The molecule has 0 saturated heterocycles. The summed E-state index contributed by atoms with van der Waals surface area (Å²) >= 11 is 0. The number of imidazole rings is 1. The quantitative estimate of drug-likeness (QED) is 0.163. The SMILES string of the molecule is CCCCCCCC(=O)NCc1ccc(Cn2c(CCCC)nc3c(CC(C)(C)C)nc4ccccc4c32)cc1. The summed E-state index contributed by atoms with van der Waals surface area (Å²) in [5.41, 5.74) is 6.87. The molecular formula is C35H48N4O. The van der Waals surface area contributed by atoms with Gasteiger partial charge in [0.05, 0.1) is 16.7 Å². The van der Waals surface area contributed by atoms with Crippen molar-refractivity contribution in [2.75, 3.05) is 0 Å². The molecule has 2 aromatic heterocycles. The molecule has 0 aliphatic carbocycles. The zero-order valence-electron chi connectivity index (χ0n) is 25.4. The summed E-state index contributed by atoms with van der Waals surface area (Å²) in [5.74, 6) is 1.29. The molecule has 40 heavy (non-hydrogen) atoms. The largest absolute Gasteiger partial charge is 0.352 e. The van der Waals surface area contributed by atoms with Gasteiger partial charge in [-0.25, -0.2) is 4.98 Å². The summed E-state index contributed by atoms with van der Waals surface area (Å²) in [5, 5.41) is 4.26. The molecule has 4 rings (SSSR count). The number of carbonyl (C=O) groups excluding carboxylic acids is 1. The number of pyridine rings is 1. The van der Waals surface area contributed by atoms with Crippen molar-refractivity contribution in [3.05, 3.63) is 71.2 Å². The van der Waals surface area contributed by atoms with Crippen molar-refractivity contribution < 1.29 is 4.79 Å². The smallest absolute Gasteiger partial charge is 0.220 e. The molecular weight excluding hydrogens is 492 g/mol. The third kappa shape index (κ3) is 7.93. The predicted molar refractivity (Wildman–Crippen MR) is 168 cm³/mol. The van der Waals surface area contributed by atoms with E-state index in [0.717, 1.165) is 73.2 Å². The molecule has 5 nitrogen and oxygen atoms in total. The van der Waals surface area contributed by atoms with Gasteiger partial charge >= 0.3 is 0 Å². The zero-order chi connectivity index (χ0) is 28.5. The van der Waals surface area contributed by atoms with Crippen LogP contribution in [0, 0.1) is 5.41 Å². The second-order valence-corrected chi connectivity index (χ2v) is 12.5. The van der Waals surface area contributed by atoms with Gasteiger partial charge in [-0.15, -0.1) is 0 Å². The lowest BCUT2D eigenvalue weighted by Gasteiger charge is -2.18. The number of hydrogen-bond acceptors (Lipinski definition) is 3. The maximum Gasteiger partial charge on any atom is 0.220 e. The number of nitrogens with one attached hydrogen (secondary N) is 1. The van der Waals surface area contributed by atoms with Crippen molar-refractivity contribution in [2.24, 2.45) is 5.41 Å². The molecule has 0 saturated carbocycles. The van der Waals surface area contributed by atoms with E-state index in [4.69, 9.17) is 9.97 Å². The van der Waals surface area contributed by atoms with Crippen LogP contribution in [0.1, 0.15) is 109 Å². The normalized spacial score (nSPS) is 11.9. The molecule has 4 aromatic rings. The first-order valence-electron chi connectivity index (χ1n) is 15.4. The Morgan fingerprint density at radius 1 is 0.850 bits per heavy atom. The van der Waals surface area contributed by atoms with Crippen LogP contribution in [0.2, 0.25) is 0 Å². The number of hydrogen-bond donors (Lipinski definition) is 1. The lowest BCUT2D eigenvalue weighted by atomic mass is 9.89. The topological polar surface area (TPSA) is 59.8 Å². The Bertz CT molecular complexity index is 1400. The monoisotopic (exact) mass is 540 g/mol. The van der Waals surface area contributed by atoms with E-state index < -0.39 is 0 Å². The summed E-state index contributed by atoms with van der Waals surface area (Å²) in [7, 11) is 0. The molecule has 0 bridgehead atoms. The molecule has 0 unspecified atom stereocenters. The number of aromatic nitrogens is 3.